The summed E-state index contributed by atoms with van der Waals surface area (Å²) in [5.74, 6) is 0.169. The van der Waals surface area contributed by atoms with E-state index in [0.717, 1.165) is 0 Å². The van der Waals surface area contributed by atoms with Gasteiger partial charge in [0.1, 0.15) is 18.5 Å². The van der Waals surface area contributed by atoms with Gasteiger partial charge in [0.25, 0.3) is 0 Å². The van der Waals surface area contributed by atoms with E-state index in [0.29, 0.717) is 16.9 Å². The number of ether oxygens (including phenoxy) is 2. The molecule has 0 saturated heterocycles. The highest BCUT2D eigenvalue weighted by Crippen LogP contribution is 2.28. The molecule has 1 unspecified atom stereocenters. The zero-order valence-corrected chi connectivity index (χ0v) is 9.97. The topological polar surface area (TPSA) is 55.8 Å². The largest absolute Gasteiger partial charge is 0.496 e. The van der Waals surface area contributed by atoms with Gasteiger partial charge in [-0.3, -0.25) is 4.79 Å². The van der Waals surface area contributed by atoms with Gasteiger partial charge in [0.05, 0.1) is 7.11 Å². The van der Waals surface area contributed by atoms with E-state index >= 15 is 0 Å². The second-order valence-corrected chi connectivity index (χ2v) is 3.58. The lowest BCUT2D eigenvalue weighted by molar-refractivity contribution is -0.140. The van der Waals surface area contributed by atoms with E-state index in [1.54, 1.807) is 18.2 Å². The molecular formula is C13H16O4. The minimum Gasteiger partial charge on any atom is -0.496 e. The number of carbonyl (C=O) groups is 1. The van der Waals surface area contributed by atoms with Crippen molar-refractivity contribution in [3.8, 4) is 5.75 Å². The molecule has 17 heavy (non-hydrogen) atoms. The number of para-hydroxylation sites is 1. The van der Waals surface area contributed by atoms with Crippen LogP contribution < -0.4 is 4.74 Å². The second-order valence-electron chi connectivity index (χ2n) is 3.58. The van der Waals surface area contributed by atoms with Gasteiger partial charge in [-0.05, 0) is 11.6 Å². The molecule has 4 heteroatoms. The molecule has 0 spiro atoms. The molecule has 0 radical (unpaired) electrons. The van der Waals surface area contributed by atoms with E-state index in [4.69, 9.17) is 9.47 Å². The van der Waals surface area contributed by atoms with Crippen molar-refractivity contribution in [1.82, 2.24) is 0 Å². The van der Waals surface area contributed by atoms with Crippen LogP contribution in [0.5, 0.6) is 5.75 Å². The molecule has 0 aliphatic carbocycles. The predicted molar refractivity (Wildman–Crippen MR) is 63.7 cm³/mol. The number of benzene rings is 1. The van der Waals surface area contributed by atoms with Gasteiger partial charge < -0.3 is 14.6 Å². The Morgan fingerprint density at radius 1 is 1.47 bits per heavy atom. The van der Waals surface area contributed by atoms with Crippen molar-refractivity contribution in [1.29, 1.82) is 0 Å². The quantitative estimate of drug-likeness (QED) is 0.626. The molecule has 0 saturated carbocycles. The van der Waals surface area contributed by atoms with E-state index < -0.39 is 12.1 Å². The van der Waals surface area contributed by atoms with Gasteiger partial charge in [0.15, 0.2) is 0 Å². The Labute approximate surface area is 100 Å². The number of aliphatic hydroxyl groups excluding tert-OH is 1. The molecule has 4 nitrogen and oxygen atoms in total. The Hall–Kier alpha value is -1.81. The summed E-state index contributed by atoms with van der Waals surface area (Å²) < 4.78 is 9.91. The second kappa shape index (κ2) is 6.06. The van der Waals surface area contributed by atoms with E-state index in [2.05, 4.69) is 6.58 Å². The third-order valence-electron chi connectivity index (χ3n) is 2.28. The van der Waals surface area contributed by atoms with Gasteiger partial charge in [0, 0.05) is 12.5 Å². The predicted octanol–water partition coefficient (Wildman–Crippen LogP) is 1.85. The van der Waals surface area contributed by atoms with Gasteiger partial charge >= 0.3 is 5.97 Å². The molecule has 1 N–H and O–H groups in total. The van der Waals surface area contributed by atoms with Gasteiger partial charge in [-0.1, -0.05) is 24.8 Å². The highest BCUT2D eigenvalue weighted by molar-refractivity contribution is 5.66. The molecule has 0 aliphatic rings. The van der Waals surface area contributed by atoms with Crippen LogP contribution in [0.15, 0.2) is 36.4 Å². The first kappa shape index (κ1) is 13.3. The van der Waals surface area contributed by atoms with Crippen LogP contribution in [0.4, 0.5) is 0 Å². The zero-order valence-electron chi connectivity index (χ0n) is 9.97. The number of hydrogen-bond acceptors (Lipinski definition) is 4. The average molecular weight is 236 g/mol. The number of methoxy groups -OCH3 is 1. The lowest BCUT2D eigenvalue weighted by atomic mass is 10.0. The maximum atomic E-state index is 10.7. The highest BCUT2D eigenvalue weighted by Gasteiger charge is 2.16. The van der Waals surface area contributed by atoms with Crippen molar-refractivity contribution < 1.29 is 19.4 Å². The van der Waals surface area contributed by atoms with E-state index in [9.17, 15) is 9.90 Å². The molecule has 0 aromatic heterocycles. The average Bonchev–Trinajstić information content (AvgIpc) is 2.34. The fraction of sp³-hybridized carbons (Fsp3) is 0.308. The molecule has 1 atom stereocenters. The van der Waals surface area contributed by atoms with Gasteiger partial charge in [-0.2, -0.15) is 0 Å². The third-order valence-corrected chi connectivity index (χ3v) is 2.28. The lowest BCUT2D eigenvalue weighted by Crippen LogP contribution is -2.10. The zero-order chi connectivity index (χ0) is 12.8. The summed E-state index contributed by atoms with van der Waals surface area (Å²) in [6, 6.07) is 7.09. The Morgan fingerprint density at radius 3 is 2.71 bits per heavy atom. The first-order chi connectivity index (χ1) is 8.06. The Morgan fingerprint density at radius 2 is 2.12 bits per heavy atom. The summed E-state index contributed by atoms with van der Waals surface area (Å²) >= 11 is 0. The Balaban J connectivity index is 2.77. The maximum Gasteiger partial charge on any atom is 0.302 e. The Bertz CT molecular complexity index is 412. The summed E-state index contributed by atoms with van der Waals surface area (Å²) in [4.78, 5) is 10.7. The van der Waals surface area contributed by atoms with Crippen molar-refractivity contribution in [3.63, 3.8) is 0 Å². The van der Waals surface area contributed by atoms with Gasteiger partial charge in [0.2, 0.25) is 0 Å². The van der Waals surface area contributed by atoms with E-state index in [-0.39, 0.29) is 6.61 Å². The summed E-state index contributed by atoms with van der Waals surface area (Å²) in [7, 11) is 1.53. The van der Waals surface area contributed by atoms with Crippen molar-refractivity contribution >= 4 is 5.97 Å². The lowest BCUT2D eigenvalue weighted by Gasteiger charge is -2.16. The standard InChI is InChI=1S/C13H16O4/c1-9(8-17-10(2)14)13(15)11-6-4-5-7-12(11)16-3/h4-7,13,15H,1,8H2,2-3H3. The molecule has 0 heterocycles. The van der Waals surface area contributed by atoms with Crippen molar-refractivity contribution in [2.24, 2.45) is 0 Å². The Kier molecular flexibility index (Phi) is 4.72. The van der Waals surface area contributed by atoms with Crippen LogP contribution in [0.25, 0.3) is 0 Å². The number of hydrogen-bond donors (Lipinski definition) is 1. The van der Waals surface area contributed by atoms with Crippen LogP contribution in [-0.4, -0.2) is 24.8 Å². The van der Waals surface area contributed by atoms with E-state index in [1.807, 2.05) is 6.07 Å². The minimum atomic E-state index is -0.912. The smallest absolute Gasteiger partial charge is 0.302 e. The highest BCUT2D eigenvalue weighted by atomic mass is 16.5. The first-order valence-corrected chi connectivity index (χ1v) is 5.18. The van der Waals surface area contributed by atoms with Crippen LogP contribution in [0.3, 0.4) is 0 Å². The van der Waals surface area contributed by atoms with Crippen LogP contribution in [-0.2, 0) is 9.53 Å². The van der Waals surface area contributed by atoms with Crippen molar-refractivity contribution in [2.45, 2.75) is 13.0 Å². The minimum absolute atomic E-state index is 0.00541. The molecule has 0 amide bonds. The molecule has 1 aromatic rings. The fourth-order valence-corrected chi connectivity index (χ4v) is 1.39. The number of carbonyl (C=O) groups excluding carboxylic acids is 1. The summed E-state index contributed by atoms with van der Waals surface area (Å²) in [5.41, 5.74) is 1.01. The molecule has 0 aliphatic heterocycles. The monoisotopic (exact) mass is 236 g/mol. The number of rotatable bonds is 5. The van der Waals surface area contributed by atoms with Crippen LogP contribution >= 0.6 is 0 Å². The SMILES string of the molecule is C=C(COC(C)=O)C(O)c1ccccc1OC. The molecule has 0 fully saturated rings. The maximum absolute atomic E-state index is 10.7. The number of aliphatic hydroxyl groups is 1. The summed E-state index contributed by atoms with van der Waals surface area (Å²) in [6.07, 6.45) is -0.912. The molecule has 1 rings (SSSR count). The number of esters is 1. The first-order valence-electron chi connectivity index (χ1n) is 5.18. The van der Waals surface area contributed by atoms with Gasteiger partial charge in [-0.25, -0.2) is 0 Å². The fourth-order valence-electron chi connectivity index (χ4n) is 1.39. The summed E-state index contributed by atoms with van der Waals surface area (Å²) in [5, 5.41) is 10.0. The van der Waals surface area contributed by atoms with Crippen LogP contribution in [0.2, 0.25) is 0 Å². The third kappa shape index (κ3) is 3.60. The van der Waals surface area contributed by atoms with Crippen molar-refractivity contribution in [2.75, 3.05) is 13.7 Å². The molecule has 0 bridgehead atoms. The molecular weight excluding hydrogens is 220 g/mol. The normalized spacial score (nSPS) is 11.7. The van der Waals surface area contributed by atoms with E-state index in [1.165, 1.54) is 14.0 Å². The van der Waals surface area contributed by atoms with Gasteiger partial charge in [-0.15, -0.1) is 0 Å². The van der Waals surface area contributed by atoms with Crippen molar-refractivity contribution in [3.05, 3.63) is 42.0 Å². The molecule has 1 aromatic carbocycles. The molecule has 92 valence electrons. The van der Waals surface area contributed by atoms with Crippen LogP contribution in [0, 0.1) is 0 Å². The van der Waals surface area contributed by atoms with Crippen LogP contribution in [0.1, 0.15) is 18.6 Å². The summed E-state index contributed by atoms with van der Waals surface area (Å²) in [6.45, 7) is 5.00.